The number of hydrogen-bond donors (Lipinski definition) is 5. The molecule has 3 fully saturated rings. The van der Waals surface area contributed by atoms with Gasteiger partial charge in [-0.1, -0.05) is 34.6 Å². The first-order chi connectivity index (χ1) is 22.5. The summed E-state index contributed by atoms with van der Waals surface area (Å²) >= 11 is 0. The van der Waals surface area contributed by atoms with Crippen LogP contribution < -0.4 is 0 Å². The van der Waals surface area contributed by atoms with Crippen molar-refractivity contribution in [2.45, 2.75) is 174 Å². The van der Waals surface area contributed by atoms with E-state index in [2.05, 4.69) is 0 Å². The number of Topliss-reactive ketones (excluding diaryl/α,β-unsaturated/α-hetero) is 1. The molecule has 0 unspecified atom stereocenters. The summed E-state index contributed by atoms with van der Waals surface area (Å²) in [7, 11) is 3.70. The van der Waals surface area contributed by atoms with Gasteiger partial charge in [0.05, 0.1) is 47.6 Å². The zero-order valence-electron chi connectivity index (χ0n) is 31.6. The van der Waals surface area contributed by atoms with Crippen LogP contribution in [0.5, 0.6) is 0 Å². The Bertz CT molecular complexity index is 1100. The monoisotopic (exact) mass is 703 g/mol. The first-order valence-corrected chi connectivity index (χ1v) is 18.0. The molecule has 3 aliphatic rings. The Hall–Kier alpha value is -1.26. The van der Waals surface area contributed by atoms with Gasteiger partial charge >= 0.3 is 5.97 Å². The molecule has 18 atom stereocenters. The Morgan fingerprint density at radius 1 is 0.837 bits per heavy atom. The van der Waals surface area contributed by atoms with E-state index in [-0.39, 0.29) is 30.8 Å². The van der Waals surface area contributed by atoms with Crippen molar-refractivity contribution in [2.75, 3.05) is 14.1 Å². The lowest BCUT2D eigenvalue weighted by atomic mass is 9.74. The highest BCUT2D eigenvalue weighted by Gasteiger charge is 2.52. The molecule has 0 bridgehead atoms. The van der Waals surface area contributed by atoms with Crippen molar-refractivity contribution < 1.29 is 58.8 Å². The first kappa shape index (κ1) is 42.2. The first-order valence-electron chi connectivity index (χ1n) is 18.0. The van der Waals surface area contributed by atoms with Crippen LogP contribution in [-0.4, -0.2) is 135 Å². The number of hydrogen-bond acceptors (Lipinski definition) is 13. The van der Waals surface area contributed by atoms with Crippen molar-refractivity contribution in [3.63, 3.8) is 0 Å². The van der Waals surface area contributed by atoms with Gasteiger partial charge in [-0.05, 0) is 68.0 Å². The molecule has 49 heavy (non-hydrogen) atoms. The van der Waals surface area contributed by atoms with Crippen LogP contribution in [0.15, 0.2) is 0 Å². The highest BCUT2D eigenvalue weighted by molar-refractivity contribution is 5.83. The number of carbonyl (C=O) groups excluding carboxylic acids is 2. The van der Waals surface area contributed by atoms with Crippen molar-refractivity contribution in [3.05, 3.63) is 0 Å². The summed E-state index contributed by atoms with van der Waals surface area (Å²) in [6.07, 6.45) is -8.87. The number of ether oxygens (including phenoxy) is 5. The summed E-state index contributed by atoms with van der Waals surface area (Å²) in [5.41, 5.74) is -3.30. The molecule has 3 rings (SSSR count). The second-order valence-corrected chi connectivity index (χ2v) is 16.0. The predicted molar refractivity (Wildman–Crippen MR) is 180 cm³/mol. The molecular weight excluding hydrogens is 638 g/mol. The second kappa shape index (κ2) is 16.6. The van der Waals surface area contributed by atoms with E-state index >= 15 is 0 Å². The number of aliphatic hydroxyl groups excluding tert-OH is 3. The Morgan fingerprint density at radius 3 is 2.00 bits per heavy atom. The highest BCUT2D eigenvalue weighted by Crippen LogP contribution is 2.40. The van der Waals surface area contributed by atoms with Crippen LogP contribution in [0.3, 0.4) is 0 Å². The molecule has 3 heterocycles. The molecule has 13 nitrogen and oxygen atoms in total. The van der Waals surface area contributed by atoms with E-state index in [0.717, 1.165) is 0 Å². The standard InChI is InChI=1S/C36H65NO12/c1-13-25-19(4)28(39)20(5)27(38)17(2)15-36(10,44)32(49-34-29(40)24(37(11)12)14-18(3)45-34)21(6)30(22(7)33(42)47-25)48-26-16-35(9,43)31(41)23(8)46-26/h17-26,28-32,34,39-41,43-44H,13-16H2,1-12H3/t17-,18-,19+,20+,21+,22-,23+,24+,25-,26+,28+,29-,30+,31-,32-,34+,35-,36-/m1/s1. The van der Waals surface area contributed by atoms with E-state index in [1.165, 1.54) is 6.92 Å². The summed E-state index contributed by atoms with van der Waals surface area (Å²) in [4.78, 5) is 29.6. The fourth-order valence-corrected chi connectivity index (χ4v) is 8.17. The van der Waals surface area contributed by atoms with Crippen LogP contribution in [-0.2, 0) is 33.3 Å². The van der Waals surface area contributed by atoms with Crippen LogP contribution in [0.4, 0.5) is 0 Å². The minimum atomic E-state index is -1.74. The van der Waals surface area contributed by atoms with E-state index in [1.54, 1.807) is 48.5 Å². The number of rotatable bonds is 6. The zero-order valence-corrected chi connectivity index (χ0v) is 31.6. The number of esters is 1. The molecule has 0 saturated carbocycles. The quantitative estimate of drug-likeness (QED) is 0.254. The van der Waals surface area contributed by atoms with Crippen molar-refractivity contribution in [3.8, 4) is 0 Å². The molecule has 286 valence electrons. The molecule has 0 aromatic carbocycles. The van der Waals surface area contributed by atoms with Gasteiger partial charge in [0.15, 0.2) is 12.6 Å². The Kier molecular flexibility index (Phi) is 14.3. The summed E-state index contributed by atoms with van der Waals surface area (Å²) < 4.78 is 31.2. The molecule has 0 spiro atoms. The van der Waals surface area contributed by atoms with E-state index < -0.39 is 102 Å². The highest BCUT2D eigenvalue weighted by atomic mass is 16.7. The molecule has 0 aromatic heterocycles. The normalized spacial score (nSPS) is 49.8. The Labute approximate surface area is 292 Å². The lowest BCUT2D eigenvalue weighted by Crippen LogP contribution is -2.60. The maximum atomic E-state index is 14.0. The molecule has 13 heteroatoms. The number of aliphatic hydroxyl groups is 5. The van der Waals surface area contributed by atoms with E-state index in [0.29, 0.717) is 12.8 Å². The summed E-state index contributed by atoms with van der Waals surface area (Å²) in [6, 6.07) is -0.310. The second-order valence-electron chi connectivity index (χ2n) is 16.0. The number of ketones is 1. The van der Waals surface area contributed by atoms with E-state index in [1.807, 2.05) is 32.8 Å². The van der Waals surface area contributed by atoms with Gasteiger partial charge in [0.1, 0.15) is 24.1 Å². The largest absolute Gasteiger partial charge is 0.462 e. The topological polar surface area (TPSA) is 185 Å². The van der Waals surface area contributed by atoms with E-state index in [9.17, 15) is 35.1 Å². The van der Waals surface area contributed by atoms with Crippen LogP contribution in [0.2, 0.25) is 0 Å². The molecule has 3 aliphatic heterocycles. The van der Waals surface area contributed by atoms with Gasteiger partial charge in [-0.25, -0.2) is 0 Å². The number of cyclic esters (lactones) is 1. The number of likely N-dealkylation sites (N-methyl/N-ethyl adjacent to an activating group) is 1. The lowest BCUT2D eigenvalue weighted by molar-refractivity contribution is -0.316. The molecule has 0 radical (unpaired) electrons. The van der Waals surface area contributed by atoms with Crippen LogP contribution in [0, 0.1) is 29.6 Å². The Morgan fingerprint density at radius 2 is 1.45 bits per heavy atom. The van der Waals surface area contributed by atoms with Crippen LogP contribution in [0.25, 0.3) is 0 Å². The average molecular weight is 704 g/mol. The smallest absolute Gasteiger partial charge is 0.311 e. The van der Waals surface area contributed by atoms with Gasteiger partial charge in [0.2, 0.25) is 0 Å². The lowest BCUT2D eigenvalue weighted by Gasteiger charge is -2.48. The van der Waals surface area contributed by atoms with Gasteiger partial charge in [0, 0.05) is 36.1 Å². The van der Waals surface area contributed by atoms with Crippen molar-refractivity contribution in [1.29, 1.82) is 0 Å². The molecule has 3 saturated heterocycles. The van der Waals surface area contributed by atoms with Crippen molar-refractivity contribution in [2.24, 2.45) is 29.6 Å². The predicted octanol–water partition coefficient (Wildman–Crippen LogP) is 2.02. The summed E-state index contributed by atoms with van der Waals surface area (Å²) in [6.45, 7) is 16.8. The summed E-state index contributed by atoms with van der Waals surface area (Å²) in [5, 5.41) is 56.6. The van der Waals surface area contributed by atoms with Crippen LogP contribution in [0.1, 0.15) is 94.9 Å². The van der Waals surface area contributed by atoms with E-state index in [4.69, 9.17) is 23.7 Å². The van der Waals surface area contributed by atoms with Crippen molar-refractivity contribution >= 4 is 11.8 Å². The van der Waals surface area contributed by atoms with Gasteiger partial charge in [-0.2, -0.15) is 0 Å². The third kappa shape index (κ3) is 9.60. The minimum absolute atomic E-state index is 0.0671. The Balaban J connectivity index is 2.15. The zero-order chi connectivity index (χ0) is 37.3. The molecule has 5 N–H and O–H groups in total. The maximum Gasteiger partial charge on any atom is 0.311 e. The SMILES string of the molecule is CC[C@H]1OC(=O)[C@H](C)[C@@H](O[C@H]2C[C@@](C)(O)[C@H](O)[C@H](C)O2)[C@H](C)[C@@H](O[C@@H]2O[C@H](C)C[C@H](N(C)C)[C@H]2O)[C@](C)(O)C[C@@H](C)C(=O)[C@H](C)[C@@H](O)[C@H]1C. The third-order valence-corrected chi connectivity index (χ3v) is 11.3. The fourth-order valence-electron chi connectivity index (χ4n) is 8.17. The molecule has 0 aliphatic carbocycles. The minimum Gasteiger partial charge on any atom is -0.462 e. The average Bonchev–Trinajstić information content (AvgIpc) is 3.01. The number of carbonyl (C=O) groups is 2. The number of nitrogens with zero attached hydrogens (tertiary/aromatic N) is 1. The third-order valence-electron chi connectivity index (χ3n) is 11.3. The van der Waals surface area contributed by atoms with Gasteiger partial charge in [0.25, 0.3) is 0 Å². The fraction of sp³-hybridized carbons (Fsp3) is 0.944. The molecule has 0 amide bonds. The maximum absolute atomic E-state index is 14.0. The van der Waals surface area contributed by atoms with Gasteiger partial charge in [-0.15, -0.1) is 0 Å². The molecule has 0 aromatic rings. The van der Waals surface area contributed by atoms with Gasteiger partial charge < -0.3 is 54.1 Å². The van der Waals surface area contributed by atoms with Crippen molar-refractivity contribution in [1.82, 2.24) is 4.90 Å². The van der Waals surface area contributed by atoms with Crippen LogP contribution >= 0.6 is 0 Å². The molecular formula is C36H65NO12. The summed E-state index contributed by atoms with van der Waals surface area (Å²) in [5.74, 6) is -4.76. The van der Waals surface area contributed by atoms with Gasteiger partial charge in [-0.3, -0.25) is 9.59 Å².